The van der Waals surface area contributed by atoms with Gasteiger partial charge in [0.15, 0.2) is 6.10 Å². The van der Waals surface area contributed by atoms with E-state index in [-0.39, 0.29) is 18.1 Å². The van der Waals surface area contributed by atoms with Gasteiger partial charge in [-0.05, 0) is 20.8 Å². The molecule has 1 amide bonds. The van der Waals surface area contributed by atoms with Crippen molar-refractivity contribution in [3.05, 3.63) is 35.9 Å². The van der Waals surface area contributed by atoms with E-state index in [0.29, 0.717) is 6.54 Å². The highest BCUT2D eigenvalue weighted by Crippen LogP contribution is 2.29. The lowest BCUT2D eigenvalue weighted by Gasteiger charge is -2.39. The third-order valence-electron chi connectivity index (χ3n) is 3.66. The second-order valence-corrected chi connectivity index (χ2v) is 5.63. The number of oxime groups is 1. The number of carbonyl (C=O) groups excluding carboxylic acids is 1. The van der Waals surface area contributed by atoms with E-state index in [0.717, 1.165) is 11.3 Å². The molecule has 1 aromatic carbocycles. The molecule has 0 N–H and O–H groups in total. The molecular weight excluding hydrogens is 256 g/mol. The van der Waals surface area contributed by atoms with Crippen molar-refractivity contribution in [3.63, 3.8) is 0 Å². The summed E-state index contributed by atoms with van der Waals surface area (Å²) in [6.45, 7) is 6.00. The molecular formula is C15H18N2O3. The van der Waals surface area contributed by atoms with Gasteiger partial charge in [-0.3, -0.25) is 9.69 Å². The maximum atomic E-state index is 12.4. The van der Waals surface area contributed by atoms with E-state index in [4.69, 9.17) is 9.57 Å². The Morgan fingerprint density at radius 1 is 1.35 bits per heavy atom. The summed E-state index contributed by atoms with van der Waals surface area (Å²) in [4.78, 5) is 19.6. The van der Waals surface area contributed by atoms with Gasteiger partial charge in [-0.15, -0.1) is 0 Å². The number of ether oxygens (including phenoxy) is 1. The summed E-state index contributed by atoms with van der Waals surface area (Å²) in [6.07, 6.45) is -0.342. The summed E-state index contributed by atoms with van der Waals surface area (Å²) in [7, 11) is 0. The van der Waals surface area contributed by atoms with Gasteiger partial charge in [0.2, 0.25) is 5.72 Å². The SMILES string of the molecule is CC1OC1C(=O)N1CC(c2ccccc2)=NOC1(C)C. The summed E-state index contributed by atoms with van der Waals surface area (Å²) in [6, 6.07) is 9.74. The fraction of sp³-hybridized carbons (Fsp3) is 0.467. The number of amides is 1. The van der Waals surface area contributed by atoms with Crippen molar-refractivity contribution in [2.24, 2.45) is 5.16 Å². The van der Waals surface area contributed by atoms with E-state index in [1.165, 1.54) is 0 Å². The van der Waals surface area contributed by atoms with Gasteiger partial charge in [-0.1, -0.05) is 35.5 Å². The van der Waals surface area contributed by atoms with Crippen LogP contribution >= 0.6 is 0 Å². The molecule has 0 spiro atoms. The Bertz CT molecular complexity index is 553. The minimum Gasteiger partial charge on any atom is -0.367 e. The molecule has 0 radical (unpaired) electrons. The van der Waals surface area contributed by atoms with Gasteiger partial charge in [0.1, 0.15) is 5.71 Å². The average Bonchev–Trinajstić information content (AvgIpc) is 3.16. The van der Waals surface area contributed by atoms with Crippen LogP contribution < -0.4 is 0 Å². The quantitative estimate of drug-likeness (QED) is 0.772. The molecule has 3 rings (SSSR count). The molecule has 2 aliphatic rings. The summed E-state index contributed by atoms with van der Waals surface area (Å²) in [5, 5.41) is 4.17. The van der Waals surface area contributed by atoms with Gasteiger partial charge >= 0.3 is 0 Å². The van der Waals surface area contributed by atoms with Gasteiger partial charge in [0.25, 0.3) is 5.91 Å². The molecule has 106 valence electrons. The molecule has 0 saturated carbocycles. The van der Waals surface area contributed by atoms with Crippen molar-refractivity contribution in [1.82, 2.24) is 4.90 Å². The molecule has 0 bridgehead atoms. The fourth-order valence-corrected chi connectivity index (χ4v) is 2.30. The second kappa shape index (κ2) is 4.59. The molecule has 2 heterocycles. The van der Waals surface area contributed by atoms with Gasteiger partial charge in [0, 0.05) is 5.56 Å². The van der Waals surface area contributed by atoms with Gasteiger partial charge in [-0.2, -0.15) is 0 Å². The topological polar surface area (TPSA) is 54.4 Å². The second-order valence-electron chi connectivity index (χ2n) is 5.63. The van der Waals surface area contributed by atoms with Gasteiger partial charge in [-0.25, -0.2) is 0 Å². The third-order valence-corrected chi connectivity index (χ3v) is 3.66. The van der Waals surface area contributed by atoms with Crippen LogP contribution in [0.25, 0.3) is 0 Å². The van der Waals surface area contributed by atoms with Crippen molar-refractivity contribution in [2.45, 2.75) is 38.7 Å². The first-order chi connectivity index (χ1) is 9.49. The van der Waals surface area contributed by atoms with Crippen LogP contribution in [0, 0.1) is 0 Å². The number of carbonyl (C=O) groups is 1. The van der Waals surface area contributed by atoms with Crippen molar-refractivity contribution >= 4 is 11.6 Å². The first-order valence-corrected chi connectivity index (χ1v) is 6.76. The predicted molar refractivity (Wildman–Crippen MR) is 74.2 cm³/mol. The van der Waals surface area contributed by atoms with Crippen LogP contribution in [-0.4, -0.2) is 41.0 Å². The predicted octanol–water partition coefficient (Wildman–Crippen LogP) is 1.77. The van der Waals surface area contributed by atoms with E-state index in [2.05, 4.69) is 5.16 Å². The number of hydrogen-bond acceptors (Lipinski definition) is 4. The molecule has 2 aliphatic heterocycles. The molecule has 0 aliphatic carbocycles. The van der Waals surface area contributed by atoms with E-state index < -0.39 is 5.72 Å². The van der Waals surface area contributed by atoms with Crippen LogP contribution in [0.15, 0.2) is 35.5 Å². The summed E-state index contributed by atoms with van der Waals surface area (Å²) < 4.78 is 5.28. The Labute approximate surface area is 118 Å². The van der Waals surface area contributed by atoms with Crippen LogP contribution in [0.5, 0.6) is 0 Å². The van der Waals surface area contributed by atoms with Crippen molar-refractivity contribution < 1.29 is 14.4 Å². The number of epoxide rings is 1. The summed E-state index contributed by atoms with van der Waals surface area (Å²) >= 11 is 0. The minimum atomic E-state index is -0.749. The van der Waals surface area contributed by atoms with E-state index in [9.17, 15) is 4.79 Å². The molecule has 0 aromatic heterocycles. The zero-order valence-electron chi connectivity index (χ0n) is 11.9. The standard InChI is InChI=1S/C15H18N2O3/c1-10-13(19-10)14(18)17-9-12(16-20-15(17,2)3)11-7-5-4-6-8-11/h4-8,10,13H,9H2,1-3H3. The van der Waals surface area contributed by atoms with E-state index in [1.807, 2.05) is 51.1 Å². The summed E-state index contributed by atoms with van der Waals surface area (Å²) in [5.41, 5.74) is 0.971. The van der Waals surface area contributed by atoms with Crippen molar-refractivity contribution in [3.8, 4) is 0 Å². The Balaban J connectivity index is 1.84. The Hall–Kier alpha value is -1.88. The monoisotopic (exact) mass is 274 g/mol. The van der Waals surface area contributed by atoms with Crippen molar-refractivity contribution in [2.75, 3.05) is 6.54 Å². The molecule has 5 heteroatoms. The highest BCUT2D eigenvalue weighted by Gasteiger charge is 2.49. The molecule has 1 fully saturated rings. The lowest BCUT2D eigenvalue weighted by molar-refractivity contribution is -0.169. The smallest absolute Gasteiger partial charge is 0.257 e. The number of benzene rings is 1. The summed E-state index contributed by atoms with van der Waals surface area (Å²) in [5.74, 6) is -0.0363. The maximum Gasteiger partial charge on any atom is 0.257 e. The van der Waals surface area contributed by atoms with Crippen LogP contribution in [0.2, 0.25) is 0 Å². The molecule has 20 heavy (non-hydrogen) atoms. The normalized spacial score (nSPS) is 27.6. The number of nitrogens with zero attached hydrogens (tertiary/aromatic N) is 2. The van der Waals surface area contributed by atoms with Crippen LogP contribution in [0.4, 0.5) is 0 Å². The largest absolute Gasteiger partial charge is 0.367 e. The molecule has 1 saturated heterocycles. The van der Waals surface area contributed by atoms with Crippen LogP contribution in [0.3, 0.4) is 0 Å². The minimum absolute atomic E-state index is 0.00246. The highest BCUT2D eigenvalue weighted by atomic mass is 16.7. The van der Waals surface area contributed by atoms with Gasteiger partial charge < -0.3 is 9.57 Å². The van der Waals surface area contributed by atoms with E-state index in [1.54, 1.807) is 4.90 Å². The lowest BCUT2D eigenvalue weighted by Crippen LogP contribution is -2.55. The Morgan fingerprint density at radius 3 is 2.60 bits per heavy atom. The first kappa shape index (κ1) is 13.1. The zero-order chi connectivity index (χ0) is 14.3. The van der Waals surface area contributed by atoms with Crippen molar-refractivity contribution in [1.29, 1.82) is 0 Å². The van der Waals surface area contributed by atoms with Gasteiger partial charge in [0.05, 0.1) is 12.6 Å². The molecule has 1 aromatic rings. The zero-order valence-corrected chi connectivity index (χ0v) is 11.9. The Morgan fingerprint density at radius 2 is 2.00 bits per heavy atom. The van der Waals surface area contributed by atoms with Crippen LogP contribution in [0.1, 0.15) is 26.3 Å². The maximum absolute atomic E-state index is 12.4. The lowest BCUT2D eigenvalue weighted by atomic mass is 10.1. The molecule has 2 atom stereocenters. The third kappa shape index (κ3) is 2.29. The first-order valence-electron chi connectivity index (χ1n) is 6.76. The number of hydrogen-bond donors (Lipinski definition) is 0. The number of rotatable bonds is 2. The fourth-order valence-electron chi connectivity index (χ4n) is 2.30. The van der Waals surface area contributed by atoms with Crippen LogP contribution in [-0.2, 0) is 14.4 Å². The Kier molecular flexibility index (Phi) is 3.01. The molecule has 2 unspecified atom stereocenters. The van der Waals surface area contributed by atoms with E-state index >= 15 is 0 Å². The highest BCUT2D eigenvalue weighted by molar-refractivity contribution is 6.04. The average molecular weight is 274 g/mol. The molecule has 5 nitrogen and oxygen atoms in total.